The van der Waals surface area contributed by atoms with E-state index >= 15 is 0 Å². The molecule has 0 saturated heterocycles. The molecule has 1 aliphatic carbocycles. The molecule has 0 aliphatic heterocycles. The highest BCUT2D eigenvalue weighted by molar-refractivity contribution is 5.91. The molecule has 2 atom stereocenters. The highest BCUT2D eigenvalue weighted by atomic mass is 19.1. The van der Waals surface area contributed by atoms with E-state index in [2.05, 4.69) is 10.6 Å². The summed E-state index contributed by atoms with van der Waals surface area (Å²) in [5.74, 6) is -1.53. The molecule has 0 spiro atoms. The lowest BCUT2D eigenvalue weighted by molar-refractivity contribution is -0.139. The van der Waals surface area contributed by atoms with Gasteiger partial charge >= 0.3 is 12.0 Å². The van der Waals surface area contributed by atoms with Crippen LogP contribution in [0.3, 0.4) is 0 Å². The van der Waals surface area contributed by atoms with Crippen molar-refractivity contribution in [2.45, 2.75) is 70.5 Å². The van der Waals surface area contributed by atoms with Gasteiger partial charge in [0.2, 0.25) is 0 Å². The van der Waals surface area contributed by atoms with E-state index in [0.29, 0.717) is 25.1 Å². The quantitative estimate of drug-likeness (QED) is 0.154. The van der Waals surface area contributed by atoms with Crippen molar-refractivity contribution in [2.24, 2.45) is 0 Å². The largest absolute Gasteiger partial charge is 0.481 e. The summed E-state index contributed by atoms with van der Waals surface area (Å²) in [6, 6.07) is 11.7. The van der Waals surface area contributed by atoms with Gasteiger partial charge in [0.1, 0.15) is 5.82 Å². The minimum atomic E-state index is -1.19. The van der Waals surface area contributed by atoms with Gasteiger partial charge in [-0.05, 0) is 78.1 Å². The number of aromatic nitrogens is 1. The number of halogens is 1. The number of benzene rings is 2. The maximum absolute atomic E-state index is 14.0. The molecule has 44 heavy (non-hydrogen) atoms. The Balaban J connectivity index is 1.81. The molecule has 1 aromatic heterocycles. The zero-order valence-corrected chi connectivity index (χ0v) is 25.0. The maximum atomic E-state index is 14.0. The van der Waals surface area contributed by atoms with Crippen LogP contribution in [-0.4, -0.2) is 62.8 Å². The minimum absolute atomic E-state index is 0.00217. The number of aliphatic hydroxyl groups is 3. The van der Waals surface area contributed by atoms with Crippen LogP contribution in [0.2, 0.25) is 0 Å². The first-order valence-corrected chi connectivity index (χ1v) is 14.9. The van der Waals surface area contributed by atoms with E-state index in [1.54, 1.807) is 24.3 Å². The number of hydrogen-bond acceptors (Lipinski definition) is 6. The molecular weight excluding hydrogens is 565 g/mol. The van der Waals surface area contributed by atoms with Crippen LogP contribution in [0.5, 0.6) is 0 Å². The summed E-state index contributed by atoms with van der Waals surface area (Å²) >= 11 is 0. The fourth-order valence-corrected chi connectivity index (χ4v) is 5.55. The number of nitrogens with zero attached hydrogens (tertiary/aromatic N) is 1. The van der Waals surface area contributed by atoms with Crippen LogP contribution >= 0.6 is 0 Å². The standard InChI is InChI=1S/C34H40FN3O6/c1-20(2)32-29(14-12-25(40)18-26(41)19-30(42)43)31(21-7-9-23(35)10-8-21)28-6-3-5-22-17-24(11-13-27(22)33(28)38-32)37-34(44)36-15-4-16-39/h7-14,17,20,25-26,39-41H,3-6,15-16,18-19H2,1-2H3,(H,42,43)(H2,36,37,44)/t25-,26-/m1/s1. The van der Waals surface area contributed by atoms with Crippen LogP contribution in [0.15, 0.2) is 48.5 Å². The number of anilines is 1. The van der Waals surface area contributed by atoms with Crippen molar-refractivity contribution < 1.29 is 34.4 Å². The molecule has 0 radical (unpaired) electrons. The lowest BCUT2D eigenvalue weighted by Gasteiger charge is -2.22. The smallest absolute Gasteiger partial charge is 0.319 e. The third kappa shape index (κ3) is 8.28. The predicted octanol–water partition coefficient (Wildman–Crippen LogP) is 5.27. The number of carboxylic acid groups (broad SMARTS) is 1. The Morgan fingerprint density at radius 2 is 1.84 bits per heavy atom. The fourth-order valence-electron chi connectivity index (χ4n) is 5.55. The number of rotatable bonds is 12. The van der Waals surface area contributed by atoms with Gasteiger partial charge in [-0.25, -0.2) is 9.18 Å². The number of nitrogens with one attached hydrogen (secondary N) is 2. The van der Waals surface area contributed by atoms with E-state index in [9.17, 15) is 24.2 Å². The summed E-state index contributed by atoms with van der Waals surface area (Å²) in [5.41, 5.74) is 7.66. The second-order valence-electron chi connectivity index (χ2n) is 11.4. The van der Waals surface area contributed by atoms with Gasteiger partial charge in [0, 0.05) is 36.4 Å². The van der Waals surface area contributed by atoms with Gasteiger partial charge in [-0.1, -0.05) is 44.2 Å². The van der Waals surface area contributed by atoms with E-state index in [1.807, 2.05) is 32.0 Å². The van der Waals surface area contributed by atoms with Gasteiger partial charge in [-0.2, -0.15) is 0 Å². The van der Waals surface area contributed by atoms with Crippen molar-refractivity contribution in [1.29, 1.82) is 0 Å². The number of carboxylic acids is 1. The number of fused-ring (bicyclic) bond motifs is 3. The Hall–Kier alpha value is -4.12. The number of hydrogen-bond donors (Lipinski definition) is 6. The number of aliphatic hydroxyl groups excluding tert-OH is 3. The van der Waals surface area contributed by atoms with Crippen molar-refractivity contribution in [3.05, 3.63) is 76.7 Å². The molecular formula is C34H40FN3O6. The Morgan fingerprint density at radius 1 is 1.09 bits per heavy atom. The minimum Gasteiger partial charge on any atom is -0.481 e. The summed E-state index contributed by atoms with van der Waals surface area (Å²) in [5, 5.41) is 44.2. The number of pyridine rings is 1. The number of urea groups is 1. The summed E-state index contributed by atoms with van der Waals surface area (Å²) in [7, 11) is 0. The van der Waals surface area contributed by atoms with Gasteiger partial charge in [-0.15, -0.1) is 0 Å². The first-order chi connectivity index (χ1) is 21.1. The molecule has 3 aromatic rings. The van der Waals surface area contributed by atoms with Crippen LogP contribution in [0.25, 0.3) is 28.5 Å². The molecule has 0 fully saturated rings. The van der Waals surface area contributed by atoms with Crippen LogP contribution < -0.4 is 10.6 Å². The monoisotopic (exact) mass is 605 g/mol. The SMILES string of the molecule is CC(C)c1nc2c(c(-c3ccc(F)cc3)c1C=C[C@@H](O)C[C@@H](O)CC(=O)O)CCCc1cc(NC(=O)NCCCO)ccc1-2. The van der Waals surface area contributed by atoms with Crippen molar-refractivity contribution in [3.8, 4) is 22.4 Å². The normalized spacial score (nSPS) is 14.1. The van der Waals surface area contributed by atoms with Crippen LogP contribution in [-0.2, 0) is 17.6 Å². The lowest BCUT2D eigenvalue weighted by atomic mass is 9.86. The molecule has 10 heteroatoms. The topological polar surface area (TPSA) is 152 Å². The second-order valence-corrected chi connectivity index (χ2v) is 11.4. The van der Waals surface area contributed by atoms with E-state index < -0.39 is 24.6 Å². The van der Waals surface area contributed by atoms with E-state index in [1.165, 1.54) is 12.1 Å². The summed E-state index contributed by atoms with van der Waals surface area (Å²) in [6.07, 6.45) is 3.15. The zero-order chi connectivity index (χ0) is 31.8. The zero-order valence-electron chi connectivity index (χ0n) is 25.0. The van der Waals surface area contributed by atoms with Gasteiger partial charge in [-0.3, -0.25) is 9.78 Å². The highest BCUT2D eigenvalue weighted by Crippen LogP contribution is 2.42. The Kier molecular flexibility index (Phi) is 11.2. The number of aliphatic carboxylic acids is 1. The Morgan fingerprint density at radius 3 is 2.52 bits per heavy atom. The highest BCUT2D eigenvalue weighted by Gasteiger charge is 2.26. The first kappa shape index (κ1) is 32.8. The molecule has 0 saturated carbocycles. The number of amides is 2. The molecule has 4 rings (SSSR count). The van der Waals surface area contributed by atoms with Crippen molar-refractivity contribution in [3.63, 3.8) is 0 Å². The van der Waals surface area contributed by atoms with Crippen LogP contribution in [0, 0.1) is 5.82 Å². The molecule has 1 aliphatic rings. The average molecular weight is 606 g/mol. The Bertz CT molecular complexity index is 1510. The van der Waals surface area contributed by atoms with Crippen LogP contribution in [0.4, 0.5) is 14.9 Å². The van der Waals surface area contributed by atoms with Gasteiger partial charge < -0.3 is 31.1 Å². The molecule has 2 amide bonds. The maximum Gasteiger partial charge on any atom is 0.319 e. The van der Waals surface area contributed by atoms with E-state index in [-0.39, 0.29) is 30.8 Å². The van der Waals surface area contributed by atoms with Gasteiger partial charge in [0.05, 0.1) is 30.0 Å². The van der Waals surface area contributed by atoms with E-state index in [0.717, 1.165) is 57.6 Å². The fraction of sp³-hybridized carbons (Fsp3) is 0.382. The Labute approximate surface area is 256 Å². The van der Waals surface area contributed by atoms with E-state index in [4.69, 9.17) is 15.2 Å². The first-order valence-electron chi connectivity index (χ1n) is 14.9. The van der Waals surface area contributed by atoms with Crippen molar-refractivity contribution in [1.82, 2.24) is 10.3 Å². The number of carbonyl (C=O) groups is 2. The summed E-state index contributed by atoms with van der Waals surface area (Å²) in [6.45, 7) is 4.41. The molecule has 2 aromatic carbocycles. The molecule has 1 heterocycles. The molecule has 234 valence electrons. The molecule has 9 nitrogen and oxygen atoms in total. The number of aryl methyl sites for hydroxylation is 1. The summed E-state index contributed by atoms with van der Waals surface area (Å²) < 4.78 is 14.0. The third-order valence-corrected chi connectivity index (χ3v) is 7.57. The third-order valence-electron chi connectivity index (χ3n) is 7.57. The molecule has 0 bridgehead atoms. The number of carbonyl (C=O) groups excluding carboxylic acids is 1. The average Bonchev–Trinajstić information content (AvgIpc) is 3.14. The van der Waals surface area contributed by atoms with Crippen molar-refractivity contribution >= 4 is 23.8 Å². The predicted molar refractivity (Wildman–Crippen MR) is 168 cm³/mol. The molecule has 0 unspecified atom stereocenters. The van der Waals surface area contributed by atoms with Crippen molar-refractivity contribution in [2.75, 3.05) is 18.5 Å². The molecule has 6 N–H and O–H groups in total. The second kappa shape index (κ2) is 15.1. The lowest BCUT2D eigenvalue weighted by Crippen LogP contribution is -2.29. The summed E-state index contributed by atoms with van der Waals surface area (Å²) in [4.78, 5) is 28.5. The van der Waals surface area contributed by atoms with Gasteiger partial charge in [0.15, 0.2) is 0 Å². The van der Waals surface area contributed by atoms with Crippen LogP contribution in [0.1, 0.15) is 67.8 Å². The van der Waals surface area contributed by atoms with Gasteiger partial charge in [0.25, 0.3) is 0 Å².